The zero-order chi connectivity index (χ0) is 15.9. The Labute approximate surface area is 133 Å². The Morgan fingerprint density at radius 3 is 2.91 bits per heavy atom. The van der Waals surface area contributed by atoms with E-state index in [4.69, 9.17) is 16.3 Å². The number of anilines is 1. The van der Waals surface area contributed by atoms with E-state index in [1.54, 1.807) is 0 Å². The van der Waals surface area contributed by atoms with Crippen LogP contribution in [0.2, 0.25) is 5.02 Å². The number of hydrogen-bond acceptors (Lipinski definition) is 4. The second-order valence-corrected chi connectivity index (χ2v) is 5.58. The first-order chi connectivity index (χ1) is 10.6. The molecule has 0 unspecified atom stereocenters. The minimum absolute atomic E-state index is 0.0313. The van der Waals surface area contributed by atoms with Crippen LogP contribution in [0.3, 0.4) is 0 Å². The minimum Gasteiger partial charge on any atom is -0.381 e. The summed E-state index contributed by atoms with van der Waals surface area (Å²) in [7, 11) is 0. The predicted octanol–water partition coefficient (Wildman–Crippen LogP) is 3.19. The van der Waals surface area contributed by atoms with Crippen molar-refractivity contribution in [3.05, 3.63) is 33.3 Å². The molecule has 2 rings (SSSR count). The summed E-state index contributed by atoms with van der Waals surface area (Å²) in [6, 6.07) is 3.69. The quantitative estimate of drug-likeness (QED) is 0.435. The second kappa shape index (κ2) is 7.95. The van der Waals surface area contributed by atoms with Gasteiger partial charge in [-0.05, 0) is 37.3 Å². The highest BCUT2D eigenvalue weighted by atomic mass is 35.5. The molecule has 0 atom stereocenters. The number of carbonyl (C=O) groups excluding carboxylic acids is 1. The van der Waals surface area contributed by atoms with Crippen LogP contribution in [0.25, 0.3) is 0 Å². The summed E-state index contributed by atoms with van der Waals surface area (Å²) in [5, 5.41) is 16.0. The van der Waals surface area contributed by atoms with Gasteiger partial charge in [-0.2, -0.15) is 0 Å². The SMILES string of the molecule is O=C(NCCCOCC1CC1)Nc1ccc(Cl)c([N+](=O)[O-])c1. The fourth-order valence-electron chi connectivity index (χ4n) is 1.82. The third kappa shape index (κ3) is 5.50. The van der Waals surface area contributed by atoms with Gasteiger partial charge in [-0.25, -0.2) is 4.79 Å². The van der Waals surface area contributed by atoms with Crippen LogP contribution in [0.15, 0.2) is 18.2 Å². The molecule has 7 nitrogen and oxygen atoms in total. The highest BCUT2D eigenvalue weighted by molar-refractivity contribution is 6.32. The molecule has 0 aliphatic heterocycles. The van der Waals surface area contributed by atoms with Gasteiger partial charge in [0.25, 0.3) is 5.69 Å². The Morgan fingerprint density at radius 2 is 2.23 bits per heavy atom. The van der Waals surface area contributed by atoms with Crippen LogP contribution in [0.5, 0.6) is 0 Å². The van der Waals surface area contributed by atoms with Crippen LogP contribution in [-0.2, 0) is 4.74 Å². The Bertz CT molecular complexity index is 549. The molecule has 0 radical (unpaired) electrons. The summed E-state index contributed by atoms with van der Waals surface area (Å²) >= 11 is 5.70. The van der Waals surface area contributed by atoms with Crippen LogP contribution < -0.4 is 10.6 Å². The van der Waals surface area contributed by atoms with E-state index in [1.807, 2.05) is 0 Å². The Balaban J connectivity index is 1.67. The van der Waals surface area contributed by atoms with E-state index >= 15 is 0 Å². The number of ether oxygens (including phenoxy) is 1. The first-order valence-corrected chi connectivity index (χ1v) is 7.50. The molecule has 2 amide bonds. The van der Waals surface area contributed by atoms with Gasteiger partial charge >= 0.3 is 6.03 Å². The minimum atomic E-state index is -0.595. The van der Waals surface area contributed by atoms with Crippen molar-refractivity contribution < 1.29 is 14.5 Å². The Hall–Kier alpha value is -1.86. The van der Waals surface area contributed by atoms with E-state index in [0.29, 0.717) is 18.8 Å². The van der Waals surface area contributed by atoms with Crippen molar-refractivity contribution in [2.45, 2.75) is 19.3 Å². The molecule has 1 aromatic carbocycles. The molecule has 8 heteroatoms. The lowest BCUT2D eigenvalue weighted by Gasteiger charge is -2.08. The standard InChI is InChI=1S/C14H18ClN3O4/c15-12-5-4-11(8-13(12)18(20)21)17-14(19)16-6-1-7-22-9-10-2-3-10/h4-5,8,10H,1-3,6-7,9H2,(H2,16,17,19). The largest absolute Gasteiger partial charge is 0.381 e. The summed E-state index contributed by atoms with van der Waals surface area (Å²) in [6.45, 7) is 1.90. The maximum atomic E-state index is 11.7. The van der Waals surface area contributed by atoms with Gasteiger partial charge < -0.3 is 15.4 Å². The number of urea groups is 1. The number of halogens is 1. The first-order valence-electron chi connectivity index (χ1n) is 7.13. The topological polar surface area (TPSA) is 93.5 Å². The number of benzene rings is 1. The fourth-order valence-corrected chi connectivity index (χ4v) is 2.00. The van der Waals surface area contributed by atoms with Gasteiger partial charge in [-0.1, -0.05) is 11.6 Å². The average Bonchev–Trinajstić information content (AvgIpc) is 3.28. The number of nitrogens with zero attached hydrogens (tertiary/aromatic N) is 1. The molecule has 0 bridgehead atoms. The lowest BCUT2D eigenvalue weighted by Crippen LogP contribution is -2.30. The van der Waals surface area contributed by atoms with Crippen LogP contribution in [0.1, 0.15) is 19.3 Å². The molecule has 0 aromatic heterocycles. The monoisotopic (exact) mass is 327 g/mol. The zero-order valence-electron chi connectivity index (χ0n) is 12.0. The number of nitrogens with one attached hydrogen (secondary N) is 2. The lowest BCUT2D eigenvalue weighted by molar-refractivity contribution is -0.384. The average molecular weight is 328 g/mol. The summed E-state index contributed by atoms with van der Waals surface area (Å²) in [6.07, 6.45) is 3.24. The number of rotatable bonds is 8. The van der Waals surface area contributed by atoms with Gasteiger partial charge in [0.2, 0.25) is 0 Å². The third-order valence-corrected chi connectivity index (χ3v) is 3.52. The zero-order valence-corrected chi connectivity index (χ0v) is 12.8. The number of nitro groups is 1. The fraction of sp³-hybridized carbons (Fsp3) is 0.500. The molecule has 1 aromatic rings. The van der Waals surface area contributed by atoms with Gasteiger partial charge in [0.15, 0.2) is 0 Å². The van der Waals surface area contributed by atoms with E-state index in [-0.39, 0.29) is 10.7 Å². The summed E-state index contributed by atoms with van der Waals surface area (Å²) in [5.41, 5.74) is 0.0755. The molecule has 2 N–H and O–H groups in total. The van der Waals surface area contributed by atoms with Crippen molar-refractivity contribution in [1.82, 2.24) is 5.32 Å². The predicted molar refractivity (Wildman–Crippen MR) is 83.3 cm³/mol. The van der Waals surface area contributed by atoms with Gasteiger partial charge in [-0.3, -0.25) is 10.1 Å². The van der Waals surface area contributed by atoms with E-state index in [2.05, 4.69) is 10.6 Å². The Morgan fingerprint density at radius 1 is 1.45 bits per heavy atom. The highest BCUT2D eigenvalue weighted by Gasteiger charge is 2.20. The smallest absolute Gasteiger partial charge is 0.319 e. The normalized spacial score (nSPS) is 13.7. The molecular weight excluding hydrogens is 310 g/mol. The van der Waals surface area contributed by atoms with Gasteiger partial charge in [0, 0.05) is 31.5 Å². The number of carbonyl (C=O) groups is 1. The maximum absolute atomic E-state index is 11.7. The van der Waals surface area contributed by atoms with Crippen molar-refractivity contribution in [3.8, 4) is 0 Å². The molecule has 0 saturated heterocycles. The van der Waals surface area contributed by atoms with E-state index < -0.39 is 11.0 Å². The van der Waals surface area contributed by atoms with Gasteiger partial charge in [0.05, 0.1) is 4.92 Å². The lowest BCUT2D eigenvalue weighted by atomic mass is 10.3. The molecule has 120 valence electrons. The van der Waals surface area contributed by atoms with Gasteiger partial charge in [-0.15, -0.1) is 0 Å². The van der Waals surface area contributed by atoms with Crippen LogP contribution in [0.4, 0.5) is 16.2 Å². The molecule has 1 aliphatic carbocycles. The third-order valence-electron chi connectivity index (χ3n) is 3.20. The highest BCUT2D eigenvalue weighted by Crippen LogP contribution is 2.28. The molecule has 1 saturated carbocycles. The second-order valence-electron chi connectivity index (χ2n) is 5.18. The maximum Gasteiger partial charge on any atom is 0.319 e. The number of nitro benzene ring substituents is 1. The molecular formula is C14H18ClN3O4. The summed E-state index contributed by atoms with van der Waals surface area (Å²) in [5.74, 6) is 0.733. The van der Waals surface area contributed by atoms with Crippen molar-refractivity contribution >= 4 is 29.0 Å². The van der Waals surface area contributed by atoms with E-state index in [0.717, 1.165) is 18.9 Å². The number of hydrogen-bond donors (Lipinski definition) is 2. The van der Waals surface area contributed by atoms with Crippen molar-refractivity contribution in [3.63, 3.8) is 0 Å². The summed E-state index contributed by atoms with van der Waals surface area (Å²) in [4.78, 5) is 21.8. The first kappa shape index (κ1) is 16.5. The molecule has 1 fully saturated rings. The summed E-state index contributed by atoms with van der Waals surface area (Å²) < 4.78 is 5.45. The Kier molecular flexibility index (Phi) is 5.97. The van der Waals surface area contributed by atoms with E-state index in [9.17, 15) is 14.9 Å². The van der Waals surface area contributed by atoms with Crippen LogP contribution >= 0.6 is 11.6 Å². The molecule has 1 aliphatic rings. The van der Waals surface area contributed by atoms with Crippen LogP contribution in [-0.4, -0.2) is 30.7 Å². The van der Waals surface area contributed by atoms with E-state index in [1.165, 1.54) is 31.0 Å². The van der Waals surface area contributed by atoms with Crippen molar-refractivity contribution in [2.24, 2.45) is 5.92 Å². The van der Waals surface area contributed by atoms with Crippen molar-refractivity contribution in [2.75, 3.05) is 25.1 Å². The molecule has 0 spiro atoms. The van der Waals surface area contributed by atoms with Crippen molar-refractivity contribution in [1.29, 1.82) is 0 Å². The molecule has 0 heterocycles. The van der Waals surface area contributed by atoms with Crippen LogP contribution in [0, 0.1) is 16.0 Å². The number of amides is 2. The van der Waals surface area contributed by atoms with Gasteiger partial charge in [0.1, 0.15) is 5.02 Å². The molecule has 22 heavy (non-hydrogen) atoms.